The molecule has 0 aliphatic carbocycles. The normalized spacial score (nSPS) is 14.8. The number of hydrogen-bond donors (Lipinski definition) is 1. The van der Waals surface area contributed by atoms with Crippen molar-refractivity contribution in [2.24, 2.45) is 5.16 Å². The van der Waals surface area contributed by atoms with Crippen LogP contribution in [-0.2, 0) is 0 Å². The Morgan fingerprint density at radius 1 is 1.21 bits per heavy atom. The third-order valence-electron chi connectivity index (χ3n) is 3.66. The fraction of sp³-hybridized carbons (Fsp3) is 0.294. The van der Waals surface area contributed by atoms with Crippen LogP contribution in [0.2, 0.25) is 0 Å². The van der Waals surface area contributed by atoms with E-state index in [1.54, 1.807) is 18.9 Å². The molecule has 126 valence electrons. The molecule has 24 heavy (non-hydrogen) atoms. The van der Waals surface area contributed by atoms with E-state index in [2.05, 4.69) is 10.1 Å². The van der Waals surface area contributed by atoms with E-state index in [0.717, 1.165) is 29.6 Å². The maximum Gasteiger partial charge on any atom is 0.230 e. The number of aryl methyl sites for hydroxylation is 1. The fourth-order valence-electron chi connectivity index (χ4n) is 2.40. The Labute approximate surface area is 145 Å². The van der Waals surface area contributed by atoms with E-state index in [4.69, 9.17) is 9.47 Å². The Morgan fingerprint density at radius 2 is 1.96 bits per heavy atom. The minimum Gasteiger partial charge on any atom is -0.497 e. The number of thioether (sulfide) groups is 1. The second-order valence-electron chi connectivity index (χ2n) is 5.31. The molecule has 1 aliphatic heterocycles. The smallest absolute Gasteiger partial charge is 0.230 e. The minimum atomic E-state index is 0.421. The average Bonchev–Trinajstić information content (AvgIpc) is 3.12. The van der Waals surface area contributed by atoms with E-state index in [-0.39, 0.29) is 0 Å². The van der Waals surface area contributed by atoms with Gasteiger partial charge in [0.25, 0.3) is 0 Å². The van der Waals surface area contributed by atoms with Crippen LogP contribution in [0.25, 0.3) is 0 Å². The number of ether oxygens (including phenoxy) is 2. The van der Waals surface area contributed by atoms with Crippen molar-refractivity contribution in [3.63, 3.8) is 0 Å². The summed E-state index contributed by atoms with van der Waals surface area (Å²) in [7, 11) is 1.62. The highest BCUT2D eigenvalue weighted by Crippen LogP contribution is 2.28. The molecule has 2 aromatic rings. The maximum absolute atomic E-state index is 9.51. The molecule has 6 nitrogen and oxygen atoms in total. The largest absolute Gasteiger partial charge is 0.497 e. The molecule has 1 N–H and O–H groups in total. The van der Waals surface area contributed by atoms with Crippen LogP contribution in [0.5, 0.6) is 17.4 Å². The highest BCUT2D eigenvalue weighted by Gasteiger charge is 2.23. The third-order valence-corrected chi connectivity index (χ3v) is 4.63. The van der Waals surface area contributed by atoms with Crippen LogP contribution in [0.15, 0.2) is 41.6 Å². The molecule has 2 heterocycles. The van der Waals surface area contributed by atoms with Crippen LogP contribution in [0, 0.1) is 6.92 Å². The lowest BCUT2D eigenvalue weighted by molar-refractivity contribution is 0.307. The van der Waals surface area contributed by atoms with Gasteiger partial charge in [0.05, 0.1) is 18.6 Å². The number of hydrogen-bond acceptors (Lipinski definition) is 6. The molecule has 0 bridgehead atoms. The molecule has 3 rings (SSSR count). The van der Waals surface area contributed by atoms with E-state index < -0.39 is 0 Å². The molecule has 0 radical (unpaired) electrons. The van der Waals surface area contributed by atoms with Gasteiger partial charge in [-0.05, 0) is 43.3 Å². The molecule has 0 saturated carbocycles. The summed E-state index contributed by atoms with van der Waals surface area (Å²) in [6.07, 6.45) is 0. The first-order valence-corrected chi connectivity index (χ1v) is 8.71. The molecule has 0 unspecified atom stereocenters. The lowest BCUT2D eigenvalue weighted by atomic mass is 10.2. The van der Waals surface area contributed by atoms with Gasteiger partial charge in [0.15, 0.2) is 5.84 Å². The van der Waals surface area contributed by atoms with E-state index in [1.165, 1.54) is 0 Å². The molecule has 0 atom stereocenters. The second-order valence-corrected chi connectivity index (χ2v) is 6.38. The number of amidine groups is 1. The van der Waals surface area contributed by atoms with Gasteiger partial charge in [-0.1, -0.05) is 5.16 Å². The van der Waals surface area contributed by atoms with Gasteiger partial charge in [0, 0.05) is 18.0 Å². The first-order valence-electron chi connectivity index (χ1n) is 7.56. The second kappa shape index (κ2) is 7.44. The number of nitrogens with zero attached hydrogens (tertiary/aromatic N) is 3. The van der Waals surface area contributed by atoms with Gasteiger partial charge < -0.3 is 19.6 Å². The zero-order valence-electron chi connectivity index (χ0n) is 13.6. The number of rotatable bonds is 4. The molecule has 1 aliphatic rings. The summed E-state index contributed by atoms with van der Waals surface area (Å²) in [4.78, 5) is 6.48. The number of oxime groups is 1. The first kappa shape index (κ1) is 16.4. The quantitative estimate of drug-likeness (QED) is 0.397. The third kappa shape index (κ3) is 3.56. The van der Waals surface area contributed by atoms with Crippen LogP contribution in [0.3, 0.4) is 0 Å². The molecule has 0 amide bonds. The van der Waals surface area contributed by atoms with Gasteiger partial charge in [0.1, 0.15) is 11.5 Å². The van der Waals surface area contributed by atoms with Gasteiger partial charge in [-0.25, -0.2) is 4.98 Å². The Bertz CT molecular complexity index is 728. The first-order chi connectivity index (χ1) is 11.7. The van der Waals surface area contributed by atoms with Gasteiger partial charge >= 0.3 is 0 Å². The number of methoxy groups -OCH3 is 1. The highest BCUT2D eigenvalue weighted by molar-refractivity contribution is 7.99. The van der Waals surface area contributed by atoms with Gasteiger partial charge in [0.2, 0.25) is 5.88 Å². The van der Waals surface area contributed by atoms with Crippen LogP contribution >= 0.6 is 11.8 Å². The minimum absolute atomic E-state index is 0.421. The summed E-state index contributed by atoms with van der Waals surface area (Å²) in [6, 6.07) is 11.0. The lowest BCUT2D eigenvalue weighted by Crippen LogP contribution is -2.29. The molecule has 1 fully saturated rings. The van der Waals surface area contributed by atoms with Gasteiger partial charge in [-0.15, -0.1) is 11.8 Å². The predicted molar refractivity (Wildman–Crippen MR) is 94.4 cm³/mol. The van der Waals surface area contributed by atoms with Crippen molar-refractivity contribution in [1.82, 2.24) is 9.88 Å². The zero-order chi connectivity index (χ0) is 16.9. The maximum atomic E-state index is 9.51. The fourth-order valence-corrected chi connectivity index (χ4v) is 3.36. The molecular formula is C17H19N3O3S. The SMILES string of the molecule is COc1ccc(Oc2nc(C)ccc2/C(=N/O)N2CCSC2)cc1. The zero-order valence-corrected chi connectivity index (χ0v) is 14.4. The van der Waals surface area contributed by atoms with Gasteiger partial charge in [-0.3, -0.25) is 0 Å². The van der Waals surface area contributed by atoms with E-state index in [0.29, 0.717) is 23.0 Å². The standard InChI is InChI=1S/C17H19N3O3S/c1-12-3-8-15(16(19-21)20-9-10-24-11-20)17(18-12)23-14-6-4-13(22-2)5-7-14/h3-8,21H,9-11H2,1-2H3/b19-16-. The summed E-state index contributed by atoms with van der Waals surface area (Å²) >= 11 is 1.80. The van der Waals surface area contributed by atoms with Crippen LogP contribution in [-0.4, -0.2) is 46.2 Å². The number of benzene rings is 1. The van der Waals surface area contributed by atoms with Gasteiger partial charge in [-0.2, -0.15) is 0 Å². The van der Waals surface area contributed by atoms with Crippen molar-refractivity contribution in [3.8, 4) is 17.4 Å². The summed E-state index contributed by atoms with van der Waals surface area (Å²) in [5, 5.41) is 13.0. The Hall–Kier alpha value is -2.41. The summed E-state index contributed by atoms with van der Waals surface area (Å²) in [5.41, 5.74) is 1.50. The Morgan fingerprint density at radius 3 is 2.58 bits per heavy atom. The van der Waals surface area contributed by atoms with E-state index in [9.17, 15) is 5.21 Å². The van der Waals surface area contributed by atoms with Crippen molar-refractivity contribution in [2.45, 2.75) is 6.92 Å². The monoisotopic (exact) mass is 345 g/mol. The summed E-state index contributed by atoms with van der Waals surface area (Å²) in [5.74, 6) is 4.10. The molecule has 0 spiro atoms. The summed E-state index contributed by atoms with van der Waals surface area (Å²) in [6.45, 7) is 2.73. The van der Waals surface area contributed by atoms with Crippen LogP contribution < -0.4 is 9.47 Å². The Balaban J connectivity index is 1.92. The average molecular weight is 345 g/mol. The van der Waals surface area contributed by atoms with Crippen molar-refractivity contribution in [1.29, 1.82) is 0 Å². The van der Waals surface area contributed by atoms with Crippen molar-refractivity contribution >= 4 is 17.6 Å². The van der Waals surface area contributed by atoms with Crippen LogP contribution in [0.4, 0.5) is 0 Å². The van der Waals surface area contributed by atoms with Crippen molar-refractivity contribution in [2.75, 3.05) is 25.3 Å². The predicted octanol–water partition coefficient (Wildman–Crippen LogP) is 3.33. The number of aromatic nitrogens is 1. The summed E-state index contributed by atoms with van der Waals surface area (Å²) < 4.78 is 11.1. The molecule has 1 aromatic carbocycles. The Kier molecular flexibility index (Phi) is 5.10. The lowest BCUT2D eigenvalue weighted by Gasteiger charge is -2.19. The van der Waals surface area contributed by atoms with Crippen molar-refractivity contribution < 1.29 is 14.7 Å². The van der Waals surface area contributed by atoms with E-state index in [1.807, 2.05) is 48.2 Å². The van der Waals surface area contributed by atoms with Crippen molar-refractivity contribution in [3.05, 3.63) is 47.7 Å². The molecule has 1 saturated heterocycles. The topological polar surface area (TPSA) is 67.2 Å². The van der Waals surface area contributed by atoms with E-state index >= 15 is 0 Å². The highest BCUT2D eigenvalue weighted by atomic mass is 32.2. The van der Waals surface area contributed by atoms with Crippen LogP contribution in [0.1, 0.15) is 11.3 Å². The molecule has 7 heteroatoms. The molecule has 1 aromatic heterocycles. The molecular weight excluding hydrogens is 326 g/mol. The number of pyridine rings is 1.